The molecule has 0 spiro atoms. The van der Waals surface area contributed by atoms with E-state index < -0.39 is 5.91 Å². The molecule has 1 aliphatic rings. The number of ether oxygens (including phenoxy) is 1. The number of nitrogens with two attached hydrogens (primary N) is 1. The van der Waals surface area contributed by atoms with Crippen LogP contribution in [0, 0.1) is 0 Å². The van der Waals surface area contributed by atoms with Gasteiger partial charge in [0.25, 0.3) is 0 Å². The minimum absolute atomic E-state index is 0.00966. The largest absolute Gasteiger partial charge is 0.377 e. The molecule has 2 aromatic heterocycles. The maximum absolute atomic E-state index is 12.6. The molecule has 8 nitrogen and oxygen atoms in total. The second-order valence-corrected chi connectivity index (χ2v) is 5.92. The van der Waals surface area contributed by atoms with Gasteiger partial charge in [0, 0.05) is 39.1 Å². The standard InChI is InChI=1S/C16H21N5O3/c1-20-14(19-12-3-2-6-18-16(12)20)4-5-15(23)21-7-8-24-10-11(21)9-13(17)22/h2-3,6,11H,4-5,7-10H2,1H3,(H2,17,22)/t11-/m0/s1. The molecule has 3 rings (SSSR count). The SMILES string of the molecule is Cn1c(CCC(=O)N2CCOC[C@@H]2CC(N)=O)nc2cccnc21. The van der Waals surface area contributed by atoms with Gasteiger partial charge in [-0.2, -0.15) is 0 Å². The van der Waals surface area contributed by atoms with Crippen LogP contribution in [0.4, 0.5) is 0 Å². The van der Waals surface area contributed by atoms with Crippen LogP contribution in [0.3, 0.4) is 0 Å². The third-order valence-electron chi connectivity index (χ3n) is 4.27. The van der Waals surface area contributed by atoms with Gasteiger partial charge in [0.2, 0.25) is 11.8 Å². The number of nitrogens with zero attached hydrogens (tertiary/aromatic N) is 4. The minimum atomic E-state index is -0.426. The summed E-state index contributed by atoms with van der Waals surface area (Å²) >= 11 is 0. The topological polar surface area (TPSA) is 103 Å². The Balaban J connectivity index is 1.67. The van der Waals surface area contributed by atoms with Crippen LogP contribution in [0.1, 0.15) is 18.7 Å². The highest BCUT2D eigenvalue weighted by molar-refractivity contribution is 5.79. The number of pyridine rings is 1. The monoisotopic (exact) mass is 331 g/mol. The molecule has 1 atom stereocenters. The van der Waals surface area contributed by atoms with Crippen LogP contribution >= 0.6 is 0 Å². The van der Waals surface area contributed by atoms with Crippen LogP contribution in [-0.2, 0) is 27.8 Å². The first-order valence-corrected chi connectivity index (χ1v) is 7.98. The third kappa shape index (κ3) is 3.38. The summed E-state index contributed by atoms with van der Waals surface area (Å²) in [5.41, 5.74) is 6.88. The highest BCUT2D eigenvalue weighted by atomic mass is 16.5. The fourth-order valence-electron chi connectivity index (χ4n) is 3.04. The van der Waals surface area contributed by atoms with E-state index in [2.05, 4.69) is 9.97 Å². The first-order valence-electron chi connectivity index (χ1n) is 7.98. The van der Waals surface area contributed by atoms with E-state index in [1.807, 2.05) is 23.7 Å². The smallest absolute Gasteiger partial charge is 0.223 e. The molecule has 2 N–H and O–H groups in total. The Hall–Kier alpha value is -2.48. The highest BCUT2D eigenvalue weighted by Gasteiger charge is 2.28. The first-order chi connectivity index (χ1) is 11.6. The molecule has 0 radical (unpaired) electrons. The van der Waals surface area contributed by atoms with E-state index in [4.69, 9.17) is 10.5 Å². The number of carbonyl (C=O) groups excluding carboxylic acids is 2. The molecule has 0 aliphatic carbocycles. The van der Waals surface area contributed by atoms with Crippen molar-refractivity contribution in [2.24, 2.45) is 12.8 Å². The fourth-order valence-corrected chi connectivity index (χ4v) is 3.04. The van der Waals surface area contributed by atoms with E-state index >= 15 is 0 Å². The second-order valence-electron chi connectivity index (χ2n) is 5.92. The Morgan fingerprint density at radius 3 is 3.04 bits per heavy atom. The lowest BCUT2D eigenvalue weighted by Crippen LogP contribution is -2.50. The molecule has 1 fully saturated rings. The molecular weight excluding hydrogens is 310 g/mol. The molecule has 8 heteroatoms. The quantitative estimate of drug-likeness (QED) is 0.831. The molecular formula is C16H21N5O3. The second kappa shape index (κ2) is 6.96. The molecule has 24 heavy (non-hydrogen) atoms. The zero-order chi connectivity index (χ0) is 17.1. The maximum atomic E-state index is 12.6. The zero-order valence-corrected chi connectivity index (χ0v) is 13.6. The van der Waals surface area contributed by atoms with Crippen molar-refractivity contribution in [2.75, 3.05) is 19.8 Å². The van der Waals surface area contributed by atoms with E-state index in [0.717, 1.165) is 17.0 Å². The van der Waals surface area contributed by atoms with E-state index in [9.17, 15) is 9.59 Å². The number of hydrogen-bond donors (Lipinski definition) is 1. The van der Waals surface area contributed by atoms with Crippen molar-refractivity contribution in [3.8, 4) is 0 Å². The number of imidazole rings is 1. The van der Waals surface area contributed by atoms with Crippen LogP contribution in [0.25, 0.3) is 11.2 Å². The predicted molar refractivity (Wildman–Crippen MR) is 87.0 cm³/mol. The van der Waals surface area contributed by atoms with Crippen LogP contribution in [0.2, 0.25) is 0 Å². The highest BCUT2D eigenvalue weighted by Crippen LogP contribution is 2.16. The van der Waals surface area contributed by atoms with Gasteiger partial charge in [0.05, 0.1) is 19.3 Å². The first kappa shape index (κ1) is 16.4. The minimum Gasteiger partial charge on any atom is -0.377 e. The fraction of sp³-hybridized carbons (Fsp3) is 0.500. The average Bonchev–Trinajstić information content (AvgIpc) is 2.89. The number of hydrogen-bond acceptors (Lipinski definition) is 5. The van der Waals surface area contributed by atoms with Crippen molar-refractivity contribution in [2.45, 2.75) is 25.3 Å². The van der Waals surface area contributed by atoms with E-state index in [1.54, 1.807) is 11.1 Å². The maximum Gasteiger partial charge on any atom is 0.223 e. The number of morpholine rings is 1. The van der Waals surface area contributed by atoms with Crippen molar-refractivity contribution in [1.29, 1.82) is 0 Å². The number of aryl methyl sites for hydroxylation is 2. The van der Waals surface area contributed by atoms with Gasteiger partial charge in [-0.25, -0.2) is 9.97 Å². The molecule has 1 aliphatic heterocycles. The van der Waals surface area contributed by atoms with Gasteiger partial charge in [-0.05, 0) is 12.1 Å². The Bertz CT molecular complexity index is 757. The van der Waals surface area contributed by atoms with Crippen molar-refractivity contribution in [3.05, 3.63) is 24.2 Å². The summed E-state index contributed by atoms with van der Waals surface area (Å²) in [6.07, 6.45) is 2.70. The number of aromatic nitrogens is 3. The Labute approximate surface area is 139 Å². The Morgan fingerprint density at radius 1 is 1.46 bits per heavy atom. The van der Waals surface area contributed by atoms with Gasteiger partial charge in [0.15, 0.2) is 5.65 Å². The van der Waals surface area contributed by atoms with Crippen LogP contribution in [-0.4, -0.2) is 57.0 Å². The van der Waals surface area contributed by atoms with E-state index in [-0.39, 0.29) is 18.4 Å². The number of carbonyl (C=O) groups is 2. The molecule has 1 saturated heterocycles. The summed E-state index contributed by atoms with van der Waals surface area (Å²) in [5.74, 6) is 0.381. The normalized spacial score (nSPS) is 18.0. The van der Waals surface area contributed by atoms with Crippen LogP contribution in [0.15, 0.2) is 18.3 Å². The number of fused-ring (bicyclic) bond motifs is 1. The lowest BCUT2D eigenvalue weighted by molar-refractivity contribution is -0.141. The average molecular weight is 331 g/mol. The summed E-state index contributed by atoms with van der Waals surface area (Å²) in [7, 11) is 1.90. The van der Waals surface area contributed by atoms with E-state index in [0.29, 0.717) is 32.6 Å². The zero-order valence-electron chi connectivity index (χ0n) is 13.6. The summed E-state index contributed by atoms with van der Waals surface area (Å²) in [5, 5.41) is 0. The molecule has 0 saturated carbocycles. The van der Waals surface area contributed by atoms with Gasteiger partial charge < -0.3 is 19.9 Å². The van der Waals surface area contributed by atoms with Crippen molar-refractivity contribution in [3.63, 3.8) is 0 Å². The van der Waals surface area contributed by atoms with Crippen LogP contribution < -0.4 is 5.73 Å². The summed E-state index contributed by atoms with van der Waals surface area (Å²) in [4.78, 5) is 34.3. The van der Waals surface area contributed by atoms with Crippen molar-refractivity contribution < 1.29 is 14.3 Å². The predicted octanol–water partition coefficient (Wildman–Crippen LogP) is 0.00370. The summed E-state index contributed by atoms with van der Waals surface area (Å²) in [6, 6.07) is 3.47. The lowest BCUT2D eigenvalue weighted by atomic mass is 10.1. The Kier molecular flexibility index (Phi) is 4.75. The van der Waals surface area contributed by atoms with Crippen molar-refractivity contribution >= 4 is 23.0 Å². The molecule has 0 unspecified atom stereocenters. The molecule has 0 bridgehead atoms. The van der Waals surface area contributed by atoms with Gasteiger partial charge in [0.1, 0.15) is 11.3 Å². The number of primary amides is 1. The van der Waals surface area contributed by atoms with Crippen molar-refractivity contribution in [1.82, 2.24) is 19.4 Å². The summed E-state index contributed by atoms with van der Waals surface area (Å²) < 4.78 is 7.26. The summed E-state index contributed by atoms with van der Waals surface area (Å²) in [6.45, 7) is 1.32. The van der Waals surface area contributed by atoms with Gasteiger partial charge in [-0.1, -0.05) is 0 Å². The van der Waals surface area contributed by atoms with E-state index in [1.165, 1.54) is 0 Å². The van der Waals surface area contributed by atoms with Crippen LogP contribution in [0.5, 0.6) is 0 Å². The number of amides is 2. The van der Waals surface area contributed by atoms with Gasteiger partial charge in [-0.15, -0.1) is 0 Å². The lowest BCUT2D eigenvalue weighted by Gasteiger charge is -2.35. The molecule has 3 heterocycles. The number of rotatable bonds is 5. The third-order valence-corrected chi connectivity index (χ3v) is 4.27. The van der Waals surface area contributed by atoms with Gasteiger partial charge in [-0.3, -0.25) is 9.59 Å². The molecule has 2 aromatic rings. The molecule has 0 aromatic carbocycles. The molecule has 128 valence electrons. The molecule has 2 amide bonds. The van der Waals surface area contributed by atoms with Gasteiger partial charge >= 0.3 is 0 Å². The Morgan fingerprint density at radius 2 is 2.29 bits per heavy atom.